The molecule has 112 valence electrons. The molecule has 20 heavy (non-hydrogen) atoms. The Labute approximate surface area is 126 Å². The van der Waals surface area contributed by atoms with Crippen molar-refractivity contribution < 1.29 is 0 Å². The molecule has 0 bridgehead atoms. The van der Waals surface area contributed by atoms with Gasteiger partial charge in [0.1, 0.15) is 0 Å². The Balaban J connectivity index is 0.00000200. The van der Waals surface area contributed by atoms with Crippen LogP contribution in [0.2, 0.25) is 0 Å². The Bertz CT molecular complexity index is 517. The molecule has 2 aromatic rings. The van der Waals surface area contributed by atoms with Crippen molar-refractivity contribution >= 4 is 12.4 Å². The van der Waals surface area contributed by atoms with Gasteiger partial charge >= 0.3 is 0 Å². The summed E-state index contributed by atoms with van der Waals surface area (Å²) in [7, 11) is 0. The smallest absolute Gasteiger partial charge is 0.0762 e. The van der Waals surface area contributed by atoms with Crippen molar-refractivity contribution in [2.45, 2.75) is 53.4 Å². The van der Waals surface area contributed by atoms with Gasteiger partial charge < -0.3 is 5.32 Å². The van der Waals surface area contributed by atoms with Crippen LogP contribution in [0.4, 0.5) is 0 Å². The van der Waals surface area contributed by atoms with Crippen LogP contribution in [0.5, 0.6) is 0 Å². The fourth-order valence-corrected chi connectivity index (χ4v) is 2.08. The van der Waals surface area contributed by atoms with Gasteiger partial charge in [-0.1, -0.05) is 6.92 Å². The van der Waals surface area contributed by atoms with E-state index in [-0.39, 0.29) is 12.4 Å². The summed E-state index contributed by atoms with van der Waals surface area (Å²) in [5.41, 5.74) is 3.46. The highest BCUT2D eigenvalue weighted by Gasteiger charge is 2.04. The molecule has 0 saturated heterocycles. The van der Waals surface area contributed by atoms with Crippen molar-refractivity contribution in [2.24, 2.45) is 0 Å². The molecule has 6 heteroatoms. The Morgan fingerprint density at radius 3 is 2.60 bits per heavy atom. The Morgan fingerprint density at radius 1 is 1.15 bits per heavy atom. The predicted octanol–water partition coefficient (Wildman–Crippen LogP) is 2.53. The maximum atomic E-state index is 4.50. The van der Waals surface area contributed by atoms with Crippen LogP contribution in [0, 0.1) is 6.92 Å². The number of nitrogens with one attached hydrogen (secondary N) is 1. The van der Waals surface area contributed by atoms with Crippen LogP contribution in [0.25, 0.3) is 0 Å². The average Bonchev–Trinajstić information content (AvgIpc) is 2.98. The third-order valence-corrected chi connectivity index (χ3v) is 3.14. The standard InChI is InChI=1S/C14H23N5.ClH/c1-4-7-19-11-13(12(3)16-19)9-15-10-14-6-8-18(5-2)17-14;/h6,8,11,15H,4-5,7,9-10H2,1-3H3;1H. The van der Waals surface area contributed by atoms with Crippen LogP contribution in [0.1, 0.15) is 37.2 Å². The monoisotopic (exact) mass is 297 g/mol. The minimum atomic E-state index is 0. The highest BCUT2D eigenvalue weighted by molar-refractivity contribution is 5.85. The Kier molecular flexibility index (Phi) is 6.75. The lowest BCUT2D eigenvalue weighted by Crippen LogP contribution is -2.13. The highest BCUT2D eigenvalue weighted by Crippen LogP contribution is 2.06. The first-order chi connectivity index (χ1) is 9.22. The molecule has 2 heterocycles. The molecule has 0 amide bonds. The van der Waals surface area contributed by atoms with E-state index in [1.54, 1.807) is 0 Å². The molecule has 5 nitrogen and oxygen atoms in total. The summed E-state index contributed by atoms with van der Waals surface area (Å²) >= 11 is 0. The predicted molar refractivity (Wildman–Crippen MR) is 82.9 cm³/mol. The molecular weight excluding hydrogens is 274 g/mol. The lowest BCUT2D eigenvalue weighted by molar-refractivity contribution is 0.597. The first-order valence-corrected chi connectivity index (χ1v) is 6.99. The third-order valence-electron chi connectivity index (χ3n) is 3.14. The maximum Gasteiger partial charge on any atom is 0.0762 e. The van der Waals surface area contributed by atoms with Gasteiger partial charge in [0.05, 0.1) is 11.4 Å². The van der Waals surface area contributed by atoms with Crippen LogP contribution >= 0.6 is 12.4 Å². The van der Waals surface area contributed by atoms with E-state index in [2.05, 4.69) is 48.5 Å². The molecule has 0 aromatic carbocycles. The summed E-state index contributed by atoms with van der Waals surface area (Å²) in [5.74, 6) is 0. The van der Waals surface area contributed by atoms with Crippen molar-refractivity contribution in [3.8, 4) is 0 Å². The summed E-state index contributed by atoms with van der Waals surface area (Å²) < 4.78 is 3.97. The Hall–Kier alpha value is -1.33. The van der Waals surface area contributed by atoms with Gasteiger partial charge in [0.2, 0.25) is 0 Å². The zero-order valence-corrected chi connectivity index (χ0v) is 13.3. The minimum absolute atomic E-state index is 0. The van der Waals surface area contributed by atoms with Crippen molar-refractivity contribution in [3.63, 3.8) is 0 Å². The van der Waals surface area contributed by atoms with Crippen LogP contribution in [0.3, 0.4) is 0 Å². The summed E-state index contributed by atoms with van der Waals surface area (Å²) in [6.07, 6.45) is 5.26. The third kappa shape index (κ3) is 4.35. The van der Waals surface area contributed by atoms with E-state index >= 15 is 0 Å². The van der Waals surface area contributed by atoms with Crippen molar-refractivity contribution in [2.75, 3.05) is 0 Å². The van der Waals surface area contributed by atoms with E-state index in [1.807, 2.05) is 15.6 Å². The van der Waals surface area contributed by atoms with Gasteiger partial charge in [-0.05, 0) is 26.3 Å². The van der Waals surface area contributed by atoms with Crippen molar-refractivity contribution in [3.05, 3.63) is 35.4 Å². The number of rotatable bonds is 7. The second kappa shape index (κ2) is 8.07. The van der Waals surface area contributed by atoms with Crippen LogP contribution in [-0.2, 0) is 26.2 Å². The van der Waals surface area contributed by atoms with E-state index < -0.39 is 0 Å². The first kappa shape index (κ1) is 16.7. The molecule has 0 saturated carbocycles. The summed E-state index contributed by atoms with van der Waals surface area (Å²) in [4.78, 5) is 0. The molecule has 0 unspecified atom stereocenters. The number of hydrogen-bond acceptors (Lipinski definition) is 3. The summed E-state index contributed by atoms with van der Waals surface area (Å²) in [6.45, 7) is 9.87. The molecule has 0 fully saturated rings. The maximum absolute atomic E-state index is 4.50. The van der Waals surface area contributed by atoms with Crippen molar-refractivity contribution in [1.29, 1.82) is 0 Å². The Morgan fingerprint density at radius 2 is 1.95 bits per heavy atom. The highest BCUT2D eigenvalue weighted by atomic mass is 35.5. The van der Waals surface area contributed by atoms with Gasteiger partial charge in [0.25, 0.3) is 0 Å². The summed E-state index contributed by atoms with van der Waals surface area (Å²) in [6, 6.07) is 2.06. The lowest BCUT2D eigenvalue weighted by atomic mass is 10.2. The van der Waals surface area contributed by atoms with Gasteiger partial charge in [-0.2, -0.15) is 10.2 Å². The largest absolute Gasteiger partial charge is 0.307 e. The van der Waals surface area contributed by atoms with E-state index in [9.17, 15) is 0 Å². The molecule has 1 N–H and O–H groups in total. The van der Waals surface area contributed by atoms with E-state index in [4.69, 9.17) is 0 Å². The van der Waals surface area contributed by atoms with Gasteiger partial charge in [0.15, 0.2) is 0 Å². The molecule has 0 aliphatic rings. The molecule has 2 rings (SSSR count). The van der Waals surface area contributed by atoms with Crippen molar-refractivity contribution in [1.82, 2.24) is 24.9 Å². The van der Waals surface area contributed by atoms with Crippen LogP contribution in [-0.4, -0.2) is 19.6 Å². The second-order valence-electron chi connectivity index (χ2n) is 4.77. The number of halogens is 1. The van der Waals surface area contributed by atoms with Gasteiger partial charge in [-0.3, -0.25) is 9.36 Å². The topological polar surface area (TPSA) is 47.7 Å². The number of aryl methyl sites for hydroxylation is 3. The van der Waals surface area contributed by atoms with E-state index in [0.29, 0.717) is 0 Å². The number of hydrogen-bond donors (Lipinski definition) is 1. The molecule has 0 atom stereocenters. The molecule has 0 radical (unpaired) electrons. The lowest BCUT2D eigenvalue weighted by Gasteiger charge is -2.01. The van der Waals surface area contributed by atoms with Gasteiger partial charge in [0, 0.05) is 44.1 Å². The van der Waals surface area contributed by atoms with Crippen LogP contribution in [0.15, 0.2) is 18.5 Å². The van der Waals surface area contributed by atoms with Gasteiger partial charge in [-0.15, -0.1) is 12.4 Å². The van der Waals surface area contributed by atoms with E-state index in [1.165, 1.54) is 5.56 Å². The molecule has 0 spiro atoms. The zero-order valence-electron chi connectivity index (χ0n) is 12.5. The number of aromatic nitrogens is 4. The normalized spacial score (nSPS) is 10.6. The fraction of sp³-hybridized carbons (Fsp3) is 0.571. The number of nitrogens with zero attached hydrogens (tertiary/aromatic N) is 4. The average molecular weight is 298 g/mol. The fourth-order valence-electron chi connectivity index (χ4n) is 2.08. The molecule has 2 aromatic heterocycles. The summed E-state index contributed by atoms with van der Waals surface area (Å²) in [5, 5.41) is 12.4. The van der Waals surface area contributed by atoms with Gasteiger partial charge in [-0.25, -0.2) is 0 Å². The second-order valence-corrected chi connectivity index (χ2v) is 4.77. The molecule has 0 aliphatic heterocycles. The SMILES string of the molecule is CCCn1cc(CNCc2ccn(CC)n2)c(C)n1.Cl. The van der Waals surface area contributed by atoms with E-state index in [0.717, 1.165) is 44.0 Å². The zero-order chi connectivity index (χ0) is 13.7. The quantitative estimate of drug-likeness (QED) is 0.854. The molecule has 0 aliphatic carbocycles. The molecular formula is C14H24ClN5. The minimum Gasteiger partial charge on any atom is -0.307 e. The van der Waals surface area contributed by atoms with Crippen LogP contribution < -0.4 is 5.32 Å². The first-order valence-electron chi connectivity index (χ1n) is 6.99.